The fourth-order valence-electron chi connectivity index (χ4n) is 2.17. The first kappa shape index (κ1) is 14.2. The normalized spacial score (nSPS) is 11.2. The zero-order chi connectivity index (χ0) is 14.7. The van der Waals surface area contributed by atoms with Crippen LogP contribution in [0.25, 0.3) is 16.7 Å². The van der Waals surface area contributed by atoms with Gasteiger partial charge in [0.15, 0.2) is 0 Å². The SMILES string of the molecule is C/C=C(/C#N)c1c(-c2cncc(C)c2)cc(Cl)nc1C. The standard InChI is InChI=1S/C16H14ClN3/c1-4-12(7-18)16-11(3)20-15(17)6-14(16)13-5-10(2)8-19-9-13/h4-6,8-9H,1-3H3/b12-4-. The average Bonchev–Trinajstić information content (AvgIpc) is 2.41. The maximum absolute atomic E-state index is 9.30. The molecule has 0 N–H and O–H groups in total. The van der Waals surface area contributed by atoms with Gasteiger partial charge in [-0.15, -0.1) is 0 Å². The minimum absolute atomic E-state index is 0.413. The average molecular weight is 284 g/mol. The van der Waals surface area contributed by atoms with Gasteiger partial charge in [-0.2, -0.15) is 5.26 Å². The molecule has 0 bridgehead atoms. The van der Waals surface area contributed by atoms with Gasteiger partial charge in [0, 0.05) is 29.2 Å². The third-order valence-corrected chi connectivity index (χ3v) is 3.23. The van der Waals surface area contributed by atoms with Gasteiger partial charge in [-0.1, -0.05) is 17.7 Å². The predicted octanol–water partition coefficient (Wildman–Crippen LogP) is 4.34. The van der Waals surface area contributed by atoms with Crippen molar-refractivity contribution in [1.29, 1.82) is 5.26 Å². The van der Waals surface area contributed by atoms with Crippen LogP contribution in [-0.2, 0) is 0 Å². The first-order valence-electron chi connectivity index (χ1n) is 6.22. The van der Waals surface area contributed by atoms with Gasteiger partial charge in [-0.3, -0.25) is 4.98 Å². The Morgan fingerprint density at radius 1 is 1.30 bits per heavy atom. The lowest BCUT2D eigenvalue weighted by molar-refractivity contribution is 1.18. The summed E-state index contributed by atoms with van der Waals surface area (Å²) in [5.41, 5.74) is 5.01. The molecule has 2 rings (SSSR count). The van der Waals surface area contributed by atoms with Gasteiger partial charge in [0.1, 0.15) is 5.15 Å². The molecule has 2 heterocycles. The number of rotatable bonds is 2. The van der Waals surface area contributed by atoms with E-state index in [1.807, 2.05) is 26.8 Å². The number of nitriles is 1. The van der Waals surface area contributed by atoms with E-state index in [1.54, 1.807) is 24.5 Å². The first-order chi connectivity index (χ1) is 9.56. The van der Waals surface area contributed by atoms with Crippen molar-refractivity contribution in [3.63, 3.8) is 0 Å². The highest BCUT2D eigenvalue weighted by atomic mass is 35.5. The van der Waals surface area contributed by atoms with Crippen LogP contribution in [-0.4, -0.2) is 9.97 Å². The molecular weight excluding hydrogens is 270 g/mol. The topological polar surface area (TPSA) is 49.6 Å². The Hall–Kier alpha value is -2.18. The lowest BCUT2D eigenvalue weighted by atomic mass is 9.94. The number of pyridine rings is 2. The van der Waals surface area contributed by atoms with Gasteiger partial charge in [-0.25, -0.2) is 4.98 Å². The Morgan fingerprint density at radius 3 is 2.65 bits per heavy atom. The summed E-state index contributed by atoms with van der Waals surface area (Å²) in [6, 6.07) is 6.01. The number of aromatic nitrogens is 2. The van der Waals surface area contributed by atoms with E-state index >= 15 is 0 Å². The van der Waals surface area contributed by atoms with E-state index in [-0.39, 0.29) is 0 Å². The molecule has 4 heteroatoms. The fourth-order valence-corrected chi connectivity index (χ4v) is 2.41. The second-order valence-electron chi connectivity index (χ2n) is 4.52. The summed E-state index contributed by atoms with van der Waals surface area (Å²) in [5.74, 6) is 0. The van der Waals surface area contributed by atoms with Crippen LogP contribution in [0.15, 0.2) is 30.6 Å². The quantitative estimate of drug-likeness (QED) is 0.608. The Morgan fingerprint density at radius 2 is 2.05 bits per heavy atom. The zero-order valence-corrected chi connectivity index (χ0v) is 12.4. The maximum atomic E-state index is 9.30. The lowest BCUT2D eigenvalue weighted by Crippen LogP contribution is -1.97. The van der Waals surface area contributed by atoms with Gasteiger partial charge in [-0.05, 0) is 44.0 Å². The molecule has 0 saturated carbocycles. The summed E-state index contributed by atoms with van der Waals surface area (Å²) >= 11 is 6.07. The highest BCUT2D eigenvalue weighted by Crippen LogP contribution is 2.32. The highest BCUT2D eigenvalue weighted by Gasteiger charge is 2.15. The number of allylic oxidation sites excluding steroid dienone is 2. The van der Waals surface area contributed by atoms with E-state index in [9.17, 15) is 5.26 Å². The Balaban J connectivity index is 2.78. The molecular formula is C16H14ClN3. The van der Waals surface area contributed by atoms with Crippen molar-refractivity contribution in [3.05, 3.63) is 52.6 Å². The Labute approximate surface area is 123 Å². The number of hydrogen-bond acceptors (Lipinski definition) is 3. The number of hydrogen-bond donors (Lipinski definition) is 0. The van der Waals surface area contributed by atoms with E-state index in [4.69, 9.17) is 11.6 Å². The summed E-state index contributed by atoms with van der Waals surface area (Å²) in [4.78, 5) is 8.46. The number of aryl methyl sites for hydroxylation is 2. The van der Waals surface area contributed by atoms with Crippen molar-refractivity contribution < 1.29 is 0 Å². The summed E-state index contributed by atoms with van der Waals surface area (Å²) in [6.45, 7) is 5.67. The third-order valence-electron chi connectivity index (χ3n) is 3.03. The molecule has 0 aliphatic carbocycles. The molecule has 0 spiro atoms. The van der Waals surface area contributed by atoms with Crippen molar-refractivity contribution >= 4 is 17.2 Å². The molecule has 0 saturated heterocycles. The second-order valence-corrected chi connectivity index (χ2v) is 4.91. The predicted molar refractivity (Wildman–Crippen MR) is 81.2 cm³/mol. The third kappa shape index (κ3) is 2.71. The lowest BCUT2D eigenvalue weighted by Gasteiger charge is -2.12. The van der Waals surface area contributed by atoms with Crippen LogP contribution in [0.4, 0.5) is 0 Å². The van der Waals surface area contributed by atoms with E-state index in [0.717, 1.165) is 27.9 Å². The van der Waals surface area contributed by atoms with Crippen LogP contribution in [0.1, 0.15) is 23.7 Å². The van der Waals surface area contributed by atoms with Crippen LogP contribution in [0.2, 0.25) is 5.15 Å². The number of nitrogens with zero attached hydrogens (tertiary/aromatic N) is 3. The molecule has 3 nitrogen and oxygen atoms in total. The summed E-state index contributed by atoms with van der Waals surface area (Å²) < 4.78 is 0. The monoisotopic (exact) mass is 283 g/mol. The van der Waals surface area contributed by atoms with E-state index in [1.165, 1.54) is 0 Å². The largest absolute Gasteiger partial charge is 0.264 e. The summed E-state index contributed by atoms with van der Waals surface area (Å²) in [6.07, 6.45) is 5.34. The van der Waals surface area contributed by atoms with E-state index < -0.39 is 0 Å². The molecule has 20 heavy (non-hydrogen) atoms. The first-order valence-corrected chi connectivity index (χ1v) is 6.60. The molecule has 0 unspecified atom stereocenters. The van der Waals surface area contributed by atoms with Crippen LogP contribution in [0, 0.1) is 25.2 Å². The molecule has 2 aromatic rings. The van der Waals surface area contributed by atoms with Crippen LogP contribution in [0.3, 0.4) is 0 Å². The number of halogens is 1. The van der Waals surface area contributed by atoms with Crippen LogP contribution >= 0.6 is 11.6 Å². The highest BCUT2D eigenvalue weighted by molar-refractivity contribution is 6.29. The molecule has 0 fully saturated rings. The summed E-state index contributed by atoms with van der Waals surface area (Å²) in [5, 5.41) is 9.72. The summed E-state index contributed by atoms with van der Waals surface area (Å²) in [7, 11) is 0. The Kier molecular flexibility index (Phi) is 4.16. The second kappa shape index (κ2) is 5.85. The molecule has 0 radical (unpaired) electrons. The smallest absolute Gasteiger partial charge is 0.129 e. The van der Waals surface area contributed by atoms with Gasteiger partial charge in [0.2, 0.25) is 0 Å². The minimum atomic E-state index is 0.413. The molecule has 0 amide bonds. The van der Waals surface area contributed by atoms with Gasteiger partial charge < -0.3 is 0 Å². The van der Waals surface area contributed by atoms with Crippen LogP contribution in [0.5, 0.6) is 0 Å². The molecule has 0 atom stereocenters. The molecule has 0 aromatic carbocycles. The molecule has 2 aromatic heterocycles. The van der Waals surface area contributed by atoms with Crippen LogP contribution < -0.4 is 0 Å². The van der Waals surface area contributed by atoms with Gasteiger partial charge >= 0.3 is 0 Å². The molecule has 0 aliphatic rings. The minimum Gasteiger partial charge on any atom is -0.264 e. The molecule has 100 valence electrons. The zero-order valence-electron chi connectivity index (χ0n) is 11.6. The van der Waals surface area contributed by atoms with Crippen molar-refractivity contribution in [2.24, 2.45) is 0 Å². The van der Waals surface area contributed by atoms with Gasteiger partial charge in [0.05, 0.1) is 11.6 Å². The van der Waals surface area contributed by atoms with Crippen molar-refractivity contribution in [1.82, 2.24) is 9.97 Å². The van der Waals surface area contributed by atoms with E-state index in [2.05, 4.69) is 16.0 Å². The van der Waals surface area contributed by atoms with Crippen molar-refractivity contribution in [2.75, 3.05) is 0 Å². The van der Waals surface area contributed by atoms with E-state index in [0.29, 0.717) is 10.7 Å². The van der Waals surface area contributed by atoms with Crippen molar-refractivity contribution in [2.45, 2.75) is 20.8 Å². The molecule has 0 aliphatic heterocycles. The van der Waals surface area contributed by atoms with Crippen molar-refractivity contribution in [3.8, 4) is 17.2 Å². The maximum Gasteiger partial charge on any atom is 0.129 e. The Bertz CT molecular complexity index is 727. The van der Waals surface area contributed by atoms with Gasteiger partial charge in [0.25, 0.3) is 0 Å². The fraction of sp³-hybridized carbons (Fsp3) is 0.188.